The Morgan fingerprint density at radius 2 is 1.87 bits per heavy atom. The highest BCUT2D eigenvalue weighted by Crippen LogP contribution is 2.11. The Balaban J connectivity index is 1.60. The lowest BCUT2D eigenvalue weighted by molar-refractivity contribution is -0.116. The maximum absolute atomic E-state index is 12.5. The van der Waals surface area contributed by atoms with Gasteiger partial charge in [-0.3, -0.25) is 19.0 Å². The molecule has 8 nitrogen and oxygen atoms in total. The van der Waals surface area contributed by atoms with E-state index in [1.54, 1.807) is 54.7 Å². The molecule has 0 fully saturated rings. The third-order valence-corrected chi connectivity index (χ3v) is 4.44. The summed E-state index contributed by atoms with van der Waals surface area (Å²) < 4.78 is 1.45. The van der Waals surface area contributed by atoms with E-state index in [1.165, 1.54) is 16.8 Å². The van der Waals surface area contributed by atoms with Crippen LogP contribution in [0, 0.1) is 0 Å². The summed E-state index contributed by atoms with van der Waals surface area (Å²) in [5, 5.41) is 15.2. The molecule has 9 heteroatoms. The van der Waals surface area contributed by atoms with Crippen LogP contribution in [-0.4, -0.2) is 39.1 Å². The second-order valence-electron chi connectivity index (χ2n) is 6.42. The molecule has 3 N–H and O–H groups in total. The molecular weight excluding hydrogens is 408 g/mol. The number of rotatable bonds is 7. The Morgan fingerprint density at radius 3 is 2.50 bits per heavy atom. The van der Waals surface area contributed by atoms with Gasteiger partial charge in [0.15, 0.2) is 0 Å². The second kappa shape index (κ2) is 9.82. The zero-order valence-corrected chi connectivity index (χ0v) is 16.5. The van der Waals surface area contributed by atoms with Crippen molar-refractivity contribution in [2.45, 2.75) is 12.5 Å². The molecule has 1 atom stereocenters. The smallest absolute Gasteiger partial charge is 0.255 e. The first kappa shape index (κ1) is 21.2. The van der Waals surface area contributed by atoms with Crippen LogP contribution in [0.1, 0.15) is 16.8 Å². The van der Waals surface area contributed by atoms with Crippen LogP contribution >= 0.6 is 11.6 Å². The molecular formula is C21H19ClN4O4. The van der Waals surface area contributed by atoms with Gasteiger partial charge in [0.1, 0.15) is 5.82 Å². The van der Waals surface area contributed by atoms with Crippen molar-refractivity contribution in [3.8, 4) is 5.69 Å². The average Bonchev–Trinajstić information content (AvgIpc) is 2.75. The van der Waals surface area contributed by atoms with Gasteiger partial charge in [0.2, 0.25) is 5.91 Å². The fraction of sp³-hybridized carbons (Fsp3) is 0.143. The average molecular weight is 427 g/mol. The van der Waals surface area contributed by atoms with Crippen molar-refractivity contribution in [2.75, 3.05) is 11.9 Å². The highest BCUT2D eigenvalue weighted by molar-refractivity contribution is 6.30. The number of aliphatic hydroxyl groups excluding tert-OH is 1. The van der Waals surface area contributed by atoms with Crippen LogP contribution in [0.3, 0.4) is 0 Å². The monoisotopic (exact) mass is 426 g/mol. The first-order valence-electron chi connectivity index (χ1n) is 9.07. The van der Waals surface area contributed by atoms with Crippen LogP contribution in [0.25, 0.3) is 5.69 Å². The molecule has 0 bridgehead atoms. The molecule has 2 aromatic heterocycles. The lowest BCUT2D eigenvalue weighted by Gasteiger charge is -2.16. The van der Waals surface area contributed by atoms with Crippen molar-refractivity contribution in [3.05, 3.63) is 87.9 Å². The minimum atomic E-state index is -0.777. The fourth-order valence-corrected chi connectivity index (χ4v) is 2.82. The largest absolute Gasteiger partial charge is 0.394 e. The lowest BCUT2D eigenvalue weighted by atomic mass is 10.1. The van der Waals surface area contributed by atoms with E-state index >= 15 is 0 Å². The van der Waals surface area contributed by atoms with Crippen molar-refractivity contribution in [1.29, 1.82) is 0 Å². The highest BCUT2D eigenvalue weighted by Gasteiger charge is 2.17. The van der Waals surface area contributed by atoms with Gasteiger partial charge in [-0.2, -0.15) is 0 Å². The van der Waals surface area contributed by atoms with Crippen molar-refractivity contribution >= 4 is 29.2 Å². The van der Waals surface area contributed by atoms with Crippen molar-refractivity contribution in [2.24, 2.45) is 0 Å². The zero-order valence-electron chi connectivity index (χ0n) is 15.8. The summed E-state index contributed by atoms with van der Waals surface area (Å²) >= 11 is 5.75. The number of pyridine rings is 2. The van der Waals surface area contributed by atoms with Gasteiger partial charge in [0.25, 0.3) is 11.5 Å². The normalized spacial score (nSPS) is 11.5. The molecule has 0 aliphatic heterocycles. The van der Waals surface area contributed by atoms with E-state index in [0.717, 1.165) is 0 Å². The summed E-state index contributed by atoms with van der Waals surface area (Å²) in [6.45, 7) is -0.412. The molecule has 2 amide bonds. The number of hydrogen-bond acceptors (Lipinski definition) is 5. The second-order valence-corrected chi connectivity index (χ2v) is 6.86. The van der Waals surface area contributed by atoms with Gasteiger partial charge in [0, 0.05) is 36.1 Å². The Labute approximate surface area is 177 Å². The maximum atomic E-state index is 12.5. The number of nitrogens with one attached hydrogen (secondary N) is 2. The molecule has 0 saturated heterocycles. The number of benzene rings is 1. The van der Waals surface area contributed by atoms with E-state index < -0.39 is 24.5 Å². The number of nitrogens with zero attached hydrogens (tertiary/aromatic N) is 2. The summed E-state index contributed by atoms with van der Waals surface area (Å²) in [4.78, 5) is 40.4. The SMILES string of the molecule is O=C(CC(CO)NC(=O)c1ccc(-n2ccccc2=O)cc1)Nc1ccc(Cl)cn1. The molecule has 30 heavy (non-hydrogen) atoms. The van der Waals surface area contributed by atoms with Crippen molar-refractivity contribution in [3.63, 3.8) is 0 Å². The summed E-state index contributed by atoms with van der Waals surface area (Å²) in [5.41, 5.74) is 0.767. The first-order valence-corrected chi connectivity index (χ1v) is 9.45. The maximum Gasteiger partial charge on any atom is 0.255 e. The molecule has 0 spiro atoms. The van der Waals surface area contributed by atoms with Gasteiger partial charge in [-0.25, -0.2) is 4.98 Å². The summed E-state index contributed by atoms with van der Waals surface area (Å²) in [7, 11) is 0. The van der Waals surface area contributed by atoms with Crippen LogP contribution in [0.4, 0.5) is 5.82 Å². The molecule has 0 radical (unpaired) electrons. The van der Waals surface area contributed by atoms with E-state index in [0.29, 0.717) is 22.1 Å². The number of anilines is 1. The first-order chi connectivity index (χ1) is 14.5. The molecule has 3 rings (SSSR count). The predicted molar refractivity (Wildman–Crippen MR) is 113 cm³/mol. The van der Waals surface area contributed by atoms with Crippen LogP contribution in [0.5, 0.6) is 0 Å². The summed E-state index contributed by atoms with van der Waals surface area (Å²) in [6.07, 6.45) is 2.90. The topological polar surface area (TPSA) is 113 Å². The van der Waals surface area contributed by atoms with Crippen molar-refractivity contribution in [1.82, 2.24) is 14.9 Å². The molecule has 0 aliphatic carbocycles. The van der Waals surface area contributed by atoms with E-state index in [4.69, 9.17) is 11.6 Å². The minimum absolute atomic E-state index is 0.135. The van der Waals surface area contributed by atoms with E-state index in [-0.39, 0.29) is 12.0 Å². The molecule has 1 unspecified atom stereocenters. The third-order valence-electron chi connectivity index (χ3n) is 4.21. The molecule has 2 heterocycles. The molecule has 0 saturated carbocycles. The zero-order chi connectivity index (χ0) is 21.5. The number of halogens is 1. The number of carbonyl (C=O) groups is 2. The number of aliphatic hydroxyl groups is 1. The van der Waals surface area contributed by atoms with E-state index in [1.807, 2.05) is 0 Å². The Hall–Kier alpha value is -3.49. The number of hydrogen-bond donors (Lipinski definition) is 3. The Morgan fingerprint density at radius 1 is 1.10 bits per heavy atom. The van der Waals surface area contributed by atoms with Gasteiger partial charge in [0.05, 0.1) is 17.7 Å². The highest BCUT2D eigenvalue weighted by atomic mass is 35.5. The van der Waals surface area contributed by atoms with Gasteiger partial charge in [-0.15, -0.1) is 0 Å². The summed E-state index contributed by atoms with van der Waals surface area (Å²) in [6, 6.07) is 13.6. The predicted octanol–water partition coefficient (Wildman–Crippen LogP) is 2.01. The van der Waals surface area contributed by atoms with Crippen LogP contribution in [0.2, 0.25) is 5.02 Å². The number of aromatic nitrogens is 2. The van der Waals surface area contributed by atoms with Gasteiger partial charge in [-0.1, -0.05) is 17.7 Å². The quantitative estimate of drug-likeness (QED) is 0.534. The van der Waals surface area contributed by atoms with E-state index in [2.05, 4.69) is 15.6 Å². The number of amides is 2. The van der Waals surface area contributed by atoms with Gasteiger partial charge < -0.3 is 15.7 Å². The van der Waals surface area contributed by atoms with Gasteiger partial charge in [-0.05, 0) is 42.5 Å². The van der Waals surface area contributed by atoms with Crippen LogP contribution in [0.15, 0.2) is 71.8 Å². The van der Waals surface area contributed by atoms with Crippen molar-refractivity contribution < 1.29 is 14.7 Å². The Bertz CT molecular complexity index is 1080. The molecule has 3 aromatic rings. The van der Waals surface area contributed by atoms with Crippen LogP contribution < -0.4 is 16.2 Å². The minimum Gasteiger partial charge on any atom is -0.394 e. The lowest BCUT2D eigenvalue weighted by Crippen LogP contribution is -2.40. The van der Waals surface area contributed by atoms with E-state index in [9.17, 15) is 19.5 Å². The Kier molecular flexibility index (Phi) is 6.95. The third kappa shape index (κ3) is 5.53. The molecule has 154 valence electrons. The summed E-state index contributed by atoms with van der Waals surface area (Å²) in [5.74, 6) is -0.541. The van der Waals surface area contributed by atoms with Gasteiger partial charge >= 0.3 is 0 Å². The number of carbonyl (C=O) groups excluding carboxylic acids is 2. The fourth-order valence-electron chi connectivity index (χ4n) is 2.71. The standard InChI is InChI=1S/C21H19ClN4O4/c22-15-6-9-18(23-12-15)25-19(28)11-16(13-27)24-21(30)14-4-7-17(8-5-14)26-10-2-1-3-20(26)29/h1-10,12,16,27H,11,13H2,(H,24,30)(H,23,25,28). The molecule has 0 aliphatic rings. The molecule has 1 aromatic carbocycles. The van der Waals surface area contributed by atoms with Crippen LogP contribution in [-0.2, 0) is 4.79 Å².